The molecule has 0 radical (unpaired) electrons. The van der Waals surface area contributed by atoms with Gasteiger partial charge in [0, 0.05) is 12.5 Å². The second-order valence-electron chi connectivity index (χ2n) is 6.41. The summed E-state index contributed by atoms with van der Waals surface area (Å²) >= 11 is 0. The Morgan fingerprint density at radius 2 is 1.81 bits per heavy atom. The summed E-state index contributed by atoms with van der Waals surface area (Å²) in [5.41, 5.74) is 0.279. The van der Waals surface area contributed by atoms with Gasteiger partial charge in [-0.15, -0.1) is 0 Å². The lowest BCUT2D eigenvalue weighted by molar-refractivity contribution is -0.0916. The first-order valence-electron chi connectivity index (χ1n) is 8.20. The molecule has 3 rings (SSSR count). The zero-order chi connectivity index (χ0) is 18.9. The van der Waals surface area contributed by atoms with E-state index in [1.54, 1.807) is 46.5 Å². The van der Waals surface area contributed by atoms with Gasteiger partial charge in [0.25, 0.3) is 0 Å². The molecule has 140 valence electrons. The molecule has 7 nitrogen and oxygen atoms in total. The molecule has 2 heterocycles. The number of pyridine rings is 1. The minimum Gasteiger partial charge on any atom is -0.495 e. The standard InChI is InChI=1S/C19H23NO6/c1-19(2,24-5)14(21)10-26-13-7-6-11-15(17(13)23-4)20-18-12(8-9-25-18)16(11)22-3/h6-9,14,21H,10H2,1-5H3. The van der Waals surface area contributed by atoms with Gasteiger partial charge in [-0.05, 0) is 32.0 Å². The molecule has 1 N–H and O–H groups in total. The van der Waals surface area contributed by atoms with Crippen LogP contribution in [0.15, 0.2) is 28.9 Å². The van der Waals surface area contributed by atoms with E-state index in [9.17, 15) is 5.11 Å². The molecule has 0 aliphatic rings. The molecule has 0 spiro atoms. The Hall–Kier alpha value is -2.51. The Balaban J connectivity index is 2.03. The average Bonchev–Trinajstić information content (AvgIpc) is 3.11. The summed E-state index contributed by atoms with van der Waals surface area (Å²) in [6.07, 6.45) is 0.745. The predicted molar refractivity (Wildman–Crippen MR) is 97.2 cm³/mol. The van der Waals surface area contributed by atoms with Crippen molar-refractivity contribution in [1.29, 1.82) is 0 Å². The number of aromatic nitrogens is 1. The number of methoxy groups -OCH3 is 3. The van der Waals surface area contributed by atoms with E-state index >= 15 is 0 Å². The van der Waals surface area contributed by atoms with Gasteiger partial charge >= 0.3 is 0 Å². The van der Waals surface area contributed by atoms with Crippen LogP contribution in [0.4, 0.5) is 0 Å². The number of benzene rings is 1. The zero-order valence-electron chi connectivity index (χ0n) is 15.5. The number of fused-ring (bicyclic) bond motifs is 2. The van der Waals surface area contributed by atoms with Crippen molar-refractivity contribution in [1.82, 2.24) is 4.98 Å². The lowest BCUT2D eigenvalue weighted by atomic mass is 10.0. The van der Waals surface area contributed by atoms with Crippen LogP contribution in [0.1, 0.15) is 13.8 Å². The van der Waals surface area contributed by atoms with Gasteiger partial charge in [-0.1, -0.05) is 0 Å². The molecule has 0 bridgehead atoms. The van der Waals surface area contributed by atoms with Crippen molar-refractivity contribution in [3.05, 3.63) is 24.5 Å². The number of furan rings is 1. The fraction of sp³-hybridized carbons (Fsp3) is 0.421. The number of aliphatic hydroxyl groups is 1. The lowest BCUT2D eigenvalue weighted by Gasteiger charge is -2.29. The van der Waals surface area contributed by atoms with Crippen LogP contribution in [0.3, 0.4) is 0 Å². The molecule has 0 fully saturated rings. The van der Waals surface area contributed by atoms with Crippen molar-refractivity contribution in [2.75, 3.05) is 27.9 Å². The van der Waals surface area contributed by atoms with Crippen LogP contribution in [-0.2, 0) is 4.74 Å². The van der Waals surface area contributed by atoms with E-state index in [1.807, 2.05) is 6.07 Å². The molecule has 1 atom stereocenters. The second-order valence-corrected chi connectivity index (χ2v) is 6.41. The summed E-state index contributed by atoms with van der Waals surface area (Å²) in [5.74, 6) is 1.57. The monoisotopic (exact) mass is 361 g/mol. The van der Waals surface area contributed by atoms with Gasteiger partial charge in [0.15, 0.2) is 11.5 Å². The van der Waals surface area contributed by atoms with E-state index in [4.69, 9.17) is 23.4 Å². The van der Waals surface area contributed by atoms with Gasteiger partial charge in [-0.2, -0.15) is 0 Å². The van der Waals surface area contributed by atoms with Crippen LogP contribution in [0, 0.1) is 0 Å². The highest BCUT2D eigenvalue weighted by Crippen LogP contribution is 2.41. The number of ether oxygens (including phenoxy) is 4. The lowest BCUT2D eigenvalue weighted by Crippen LogP contribution is -2.42. The number of aliphatic hydroxyl groups excluding tert-OH is 1. The number of nitrogens with zero attached hydrogens (tertiary/aromatic N) is 1. The van der Waals surface area contributed by atoms with Gasteiger partial charge in [-0.3, -0.25) is 0 Å². The van der Waals surface area contributed by atoms with Crippen LogP contribution in [0.2, 0.25) is 0 Å². The van der Waals surface area contributed by atoms with Crippen LogP contribution < -0.4 is 14.2 Å². The van der Waals surface area contributed by atoms with Gasteiger partial charge < -0.3 is 28.5 Å². The molecule has 0 saturated heterocycles. The molecule has 2 aromatic heterocycles. The first kappa shape index (κ1) is 18.3. The first-order valence-corrected chi connectivity index (χ1v) is 8.20. The van der Waals surface area contributed by atoms with Crippen molar-refractivity contribution in [2.45, 2.75) is 25.6 Å². The molecular formula is C19H23NO6. The SMILES string of the molecule is COc1c2ccoc2nc2c(OC)c(OCC(O)C(C)(C)OC)ccc12. The molecule has 3 aromatic rings. The number of rotatable bonds is 7. The first-order chi connectivity index (χ1) is 12.4. The molecule has 0 amide bonds. The molecule has 0 aliphatic heterocycles. The van der Waals surface area contributed by atoms with E-state index in [0.717, 1.165) is 10.8 Å². The summed E-state index contributed by atoms with van der Waals surface area (Å²) in [7, 11) is 4.68. The van der Waals surface area contributed by atoms with Gasteiger partial charge in [0.05, 0.1) is 31.5 Å². The molecule has 0 saturated carbocycles. The molecule has 1 aromatic carbocycles. The normalized spacial score (nSPS) is 13.2. The highest BCUT2D eigenvalue weighted by atomic mass is 16.5. The van der Waals surface area contributed by atoms with Crippen molar-refractivity contribution in [2.24, 2.45) is 0 Å². The molecule has 1 unspecified atom stereocenters. The Bertz CT molecular complexity index is 917. The van der Waals surface area contributed by atoms with E-state index in [-0.39, 0.29) is 6.61 Å². The maximum absolute atomic E-state index is 10.3. The quantitative estimate of drug-likeness (QED) is 0.692. The Morgan fingerprint density at radius 1 is 1.08 bits per heavy atom. The van der Waals surface area contributed by atoms with Gasteiger partial charge in [0.2, 0.25) is 5.71 Å². The smallest absolute Gasteiger partial charge is 0.230 e. The Kier molecular flexibility index (Phi) is 4.93. The molecule has 26 heavy (non-hydrogen) atoms. The van der Waals surface area contributed by atoms with Crippen molar-refractivity contribution in [3.63, 3.8) is 0 Å². The van der Waals surface area contributed by atoms with E-state index in [0.29, 0.717) is 28.5 Å². The summed E-state index contributed by atoms with van der Waals surface area (Å²) in [4.78, 5) is 4.53. The Labute approximate surface area is 151 Å². The summed E-state index contributed by atoms with van der Waals surface area (Å²) < 4.78 is 27.6. The summed E-state index contributed by atoms with van der Waals surface area (Å²) in [5, 5.41) is 11.8. The van der Waals surface area contributed by atoms with Crippen LogP contribution >= 0.6 is 0 Å². The van der Waals surface area contributed by atoms with Crippen molar-refractivity contribution < 1.29 is 28.5 Å². The van der Waals surface area contributed by atoms with Crippen LogP contribution in [0.25, 0.3) is 22.0 Å². The van der Waals surface area contributed by atoms with Crippen molar-refractivity contribution >= 4 is 22.0 Å². The highest BCUT2D eigenvalue weighted by molar-refractivity contribution is 6.02. The Morgan fingerprint density at radius 3 is 2.46 bits per heavy atom. The van der Waals surface area contributed by atoms with E-state index in [2.05, 4.69) is 4.98 Å². The zero-order valence-corrected chi connectivity index (χ0v) is 15.5. The minimum atomic E-state index is -0.817. The van der Waals surface area contributed by atoms with E-state index in [1.165, 1.54) is 7.11 Å². The molecule has 7 heteroatoms. The fourth-order valence-electron chi connectivity index (χ4n) is 2.69. The predicted octanol–water partition coefficient (Wildman–Crippen LogP) is 3.16. The summed E-state index contributed by atoms with van der Waals surface area (Å²) in [6.45, 7) is 3.63. The third kappa shape index (κ3) is 3.04. The summed E-state index contributed by atoms with van der Waals surface area (Å²) in [6, 6.07) is 5.42. The van der Waals surface area contributed by atoms with Crippen LogP contribution in [-0.4, -0.2) is 49.7 Å². The maximum atomic E-state index is 10.3. The number of hydrogen-bond acceptors (Lipinski definition) is 7. The fourth-order valence-corrected chi connectivity index (χ4v) is 2.69. The topological polar surface area (TPSA) is 83.2 Å². The highest BCUT2D eigenvalue weighted by Gasteiger charge is 2.28. The second kappa shape index (κ2) is 7.01. The van der Waals surface area contributed by atoms with Gasteiger partial charge in [-0.25, -0.2) is 4.98 Å². The molecular weight excluding hydrogens is 338 g/mol. The number of hydrogen-bond donors (Lipinski definition) is 1. The van der Waals surface area contributed by atoms with Crippen molar-refractivity contribution in [3.8, 4) is 17.2 Å². The molecule has 0 aliphatic carbocycles. The average molecular weight is 361 g/mol. The minimum absolute atomic E-state index is 0.0445. The third-order valence-electron chi connectivity index (χ3n) is 4.58. The third-order valence-corrected chi connectivity index (χ3v) is 4.58. The maximum Gasteiger partial charge on any atom is 0.230 e. The largest absolute Gasteiger partial charge is 0.495 e. The van der Waals surface area contributed by atoms with E-state index < -0.39 is 11.7 Å². The van der Waals surface area contributed by atoms with Gasteiger partial charge in [0.1, 0.15) is 24.0 Å². The van der Waals surface area contributed by atoms with Crippen LogP contribution in [0.5, 0.6) is 17.2 Å².